The lowest BCUT2D eigenvalue weighted by molar-refractivity contribution is 0.0698. The second kappa shape index (κ2) is 20.2. The third kappa shape index (κ3) is 9.25. The molecule has 0 aliphatic rings. The van der Waals surface area contributed by atoms with Crippen LogP contribution in [0.5, 0.6) is 23.0 Å². The van der Waals surface area contributed by atoms with Crippen LogP contribution in [0.15, 0.2) is 79.5 Å². The van der Waals surface area contributed by atoms with Gasteiger partial charge in [-0.05, 0) is 36.9 Å². The van der Waals surface area contributed by atoms with Crippen LogP contribution in [0.25, 0.3) is 44.3 Å². The first-order valence-electron chi connectivity index (χ1n) is 18.8. The molecule has 2 N–H and O–H groups in total. The van der Waals surface area contributed by atoms with E-state index in [9.17, 15) is 14.7 Å². The molecule has 18 heteroatoms. The third-order valence-electron chi connectivity index (χ3n) is 9.78. The summed E-state index contributed by atoms with van der Waals surface area (Å²) >= 11 is 26.2. The first-order valence-corrected chi connectivity index (χ1v) is 20.3. The zero-order valence-corrected chi connectivity index (χ0v) is 37.2. The number of nitrogens with one attached hydrogen (secondary N) is 1. The summed E-state index contributed by atoms with van der Waals surface area (Å²) in [7, 11) is 5.97. The van der Waals surface area contributed by atoms with E-state index >= 15 is 0 Å². The Balaban J connectivity index is 0.000000223. The van der Waals surface area contributed by atoms with Crippen molar-refractivity contribution in [3.05, 3.63) is 116 Å². The minimum absolute atomic E-state index is 0.0361. The molecular formula is C44H39Cl4N7O7. The Hall–Kier alpha value is -6.03. The summed E-state index contributed by atoms with van der Waals surface area (Å²) in [6.45, 7) is 6.96. The van der Waals surface area contributed by atoms with E-state index in [0.29, 0.717) is 83.2 Å². The number of carboxylic acids is 1. The van der Waals surface area contributed by atoms with Gasteiger partial charge < -0.3 is 29.4 Å². The fourth-order valence-electron chi connectivity index (χ4n) is 6.60. The van der Waals surface area contributed by atoms with E-state index in [1.807, 2.05) is 6.07 Å². The average Bonchev–Trinajstić information content (AvgIpc) is 3.29. The predicted molar refractivity (Wildman–Crippen MR) is 242 cm³/mol. The van der Waals surface area contributed by atoms with Crippen LogP contribution in [-0.2, 0) is 6.54 Å². The van der Waals surface area contributed by atoms with Gasteiger partial charge in [0.05, 0.1) is 70.7 Å². The summed E-state index contributed by atoms with van der Waals surface area (Å²) in [4.78, 5) is 48.7. The van der Waals surface area contributed by atoms with Gasteiger partial charge in [0, 0.05) is 71.9 Å². The Morgan fingerprint density at radius 2 is 1.02 bits per heavy atom. The number of hydrogen-bond donors (Lipinski definition) is 2. The topological polar surface area (TPSA) is 171 Å². The molecule has 14 nitrogen and oxygen atoms in total. The number of aromatic nitrogens is 5. The molecule has 7 aromatic rings. The SMILES string of the molecule is CCN(CC)Cc1ccc(NC(=O)c2ccc(-c3c(Cl)c(OC)cc(OC)c3Cl)c3nccnc23)nc1.COc1cc(OC)c(Cl)c(-c2ccc(C(=O)O)c3nccnc23)c1Cl. The molecule has 0 spiro atoms. The Labute approximate surface area is 376 Å². The van der Waals surface area contributed by atoms with Gasteiger partial charge in [0.2, 0.25) is 0 Å². The number of carboxylic acid groups (broad SMARTS) is 1. The van der Waals surface area contributed by atoms with Crippen molar-refractivity contribution in [3.63, 3.8) is 0 Å². The number of amides is 1. The maximum atomic E-state index is 13.2. The van der Waals surface area contributed by atoms with Gasteiger partial charge in [-0.2, -0.15) is 0 Å². The highest BCUT2D eigenvalue weighted by Crippen LogP contribution is 2.49. The van der Waals surface area contributed by atoms with E-state index in [-0.39, 0.29) is 27.0 Å². The van der Waals surface area contributed by atoms with Gasteiger partial charge in [-0.3, -0.25) is 29.6 Å². The molecule has 320 valence electrons. The number of fused-ring (bicyclic) bond motifs is 2. The van der Waals surface area contributed by atoms with Crippen LogP contribution in [0, 0.1) is 0 Å². The fraction of sp³-hybridized carbons (Fsp3) is 0.205. The summed E-state index contributed by atoms with van der Waals surface area (Å²) in [6, 6.07) is 13.4. The molecule has 0 bridgehead atoms. The van der Waals surface area contributed by atoms with Gasteiger partial charge in [0.25, 0.3) is 5.91 Å². The number of halogens is 4. The van der Waals surface area contributed by atoms with Crippen molar-refractivity contribution < 1.29 is 33.6 Å². The summed E-state index contributed by atoms with van der Waals surface area (Å²) in [5.74, 6) is 0.520. The number of benzene rings is 4. The molecule has 3 aromatic heterocycles. The van der Waals surface area contributed by atoms with Crippen molar-refractivity contribution in [1.82, 2.24) is 29.8 Å². The zero-order valence-electron chi connectivity index (χ0n) is 34.2. The molecule has 0 radical (unpaired) electrons. The maximum Gasteiger partial charge on any atom is 0.337 e. The standard InChI is InChI=1S/C27H27Cl2N5O3.C17H12Cl2N2O4/c1-5-34(6-2)15-16-7-10-21(32-14-16)33-27(35)18-9-8-17(25-26(18)31-12-11-30-25)22-23(28)19(36-3)13-20(37-4)24(22)29;1-24-10-7-11(25-2)14(19)12(13(10)18)8-3-4-9(17(22)23)16-15(8)20-5-6-21-16/h7-14H,5-6,15H2,1-4H3,(H,32,33,35);3-7H,1-2H3,(H,22,23). The van der Waals surface area contributed by atoms with Crippen LogP contribution in [0.2, 0.25) is 20.1 Å². The molecule has 3 heterocycles. The van der Waals surface area contributed by atoms with Gasteiger partial charge in [-0.1, -0.05) is 78.5 Å². The van der Waals surface area contributed by atoms with E-state index < -0.39 is 5.97 Å². The van der Waals surface area contributed by atoms with E-state index in [4.69, 9.17) is 65.4 Å². The number of methoxy groups -OCH3 is 4. The number of nitrogens with zero attached hydrogens (tertiary/aromatic N) is 6. The summed E-state index contributed by atoms with van der Waals surface area (Å²) < 4.78 is 21.4. The van der Waals surface area contributed by atoms with Crippen molar-refractivity contribution in [3.8, 4) is 45.3 Å². The number of rotatable bonds is 13. The second-order valence-corrected chi connectivity index (χ2v) is 14.7. The van der Waals surface area contributed by atoms with Crippen LogP contribution in [0.1, 0.15) is 40.1 Å². The van der Waals surface area contributed by atoms with Gasteiger partial charge in [-0.25, -0.2) is 9.78 Å². The average molecular weight is 920 g/mol. The number of carbonyl (C=O) groups excluding carboxylic acids is 1. The van der Waals surface area contributed by atoms with Crippen LogP contribution in [-0.4, -0.2) is 88.3 Å². The normalized spacial score (nSPS) is 11.0. The number of pyridine rings is 1. The number of hydrogen-bond acceptors (Lipinski definition) is 12. The van der Waals surface area contributed by atoms with Crippen molar-refractivity contribution in [1.29, 1.82) is 0 Å². The van der Waals surface area contributed by atoms with E-state index in [1.165, 1.54) is 53.1 Å². The molecule has 0 atom stereocenters. The molecule has 7 rings (SSSR count). The van der Waals surface area contributed by atoms with Crippen molar-refractivity contribution in [2.75, 3.05) is 46.8 Å². The second-order valence-electron chi connectivity index (χ2n) is 13.2. The predicted octanol–water partition coefficient (Wildman–Crippen LogP) is 10.4. The first-order chi connectivity index (χ1) is 29.9. The minimum Gasteiger partial charge on any atom is -0.495 e. The lowest BCUT2D eigenvalue weighted by atomic mass is 9.99. The molecule has 1 amide bonds. The molecule has 0 saturated heterocycles. The van der Waals surface area contributed by atoms with Crippen LogP contribution < -0.4 is 24.3 Å². The summed E-state index contributed by atoms with van der Waals surface area (Å²) in [5, 5.41) is 13.3. The Morgan fingerprint density at radius 1 is 0.597 bits per heavy atom. The van der Waals surface area contributed by atoms with Crippen LogP contribution in [0.4, 0.5) is 5.82 Å². The van der Waals surface area contributed by atoms with Gasteiger partial charge in [0.1, 0.15) is 39.8 Å². The quantitative estimate of drug-likeness (QED) is 0.112. The molecule has 0 unspecified atom stereocenters. The summed E-state index contributed by atoms with van der Waals surface area (Å²) in [5.41, 5.74) is 4.92. The maximum absolute atomic E-state index is 13.2. The monoisotopic (exact) mass is 917 g/mol. The van der Waals surface area contributed by atoms with Crippen molar-refractivity contribution >= 4 is 86.2 Å². The van der Waals surface area contributed by atoms with Gasteiger partial charge in [0.15, 0.2) is 0 Å². The molecule has 62 heavy (non-hydrogen) atoms. The van der Waals surface area contributed by atoms with Crippen LogP contribution >= 0.6 is 46.4 Å². The fourth-order valence-corrected chi connectivity index (χ4v) is 8.01. The Kier molecular flexibility index (Phi) is 14.8. The smallest absolute Gasteiger partial charge is 0.337 e. The van der Waals surface area contributed by atoms with E-state index in [1.54, 1.807) is 48.8 Å². The Bertz CT molecular complexity index is 2740. The number of anilines is 1. The Morgan fingerprint density at radius 3 is 1.40 bits per heavy atom. The minimum atomic E-state index is -1.10. The van der Waals surface area contributed by atoms with Gasteiger partial charge in [-0.15, -0.1) is 0 Å². The number of aromatic carboxylic acids is 1. The number of ether oxygens (including phenoxy) is 4. The zero-order chi connectivity index (χ0) is 44.7. The third-order valence-corrected chi connectivity index (χ3v) is 11.3. The number of carbonyl (C=O) groups is 2. The van der Waals surface area contributed by atoms with Gasteiger partial charge >= 0.3 is 5.97 Å². The molecular weight excluding hydrogens is 880 g/mol. The molecule has 0 aliphatic carbocycles. The van der Waals surface area contributed by atoms with E-state index in [0.717, 1.165) is 25.2 Å². The molecule has 4 aromatic carbocycles. The van der Waals surface area contributed by atoms with Crippen molar-refractivity contribution in [2.45, 2.75) is 20.4 Å². The van der Waals surface area contributed by atoms with E-state index in [2.05, 4.69) is 49.0 Å². The first kappa shape index (κ1) is 45.5. The largest absolute Gasteiger partial charge is 0.495 e. The summed E-state index contributed by atoms with van der Waals surface area (Å²) in [6.07, 6.45) is 7.74. The lowest BCUT2D eigenvalue weighted by Gasteiger charge is -2.18. The van der Waals surface area contributed by atoms with Crippen molar-refractivity contribution in [2.24, 2.45) is 0 Å². The molecule has 0 saturated carbocycles. The van der Waals surface area contributed by atoms with Crippen LogP contribution in [0.3, 0.4) is 0 Å². The lowest BCUT2D eigenvalue weighted by Crippen LogP contribution is -2.22. The molecule has 0 aliphatic heterocycles. The highest BCUT2D eigenvalue weighted by Gasteiger charge is 2.25. The highest BCUT2D eigenvalue weighted by atomic mass is 35.5. The highest BCUT2D eigenvalue weighted by molar-refractivity contribution is 6.42. The molecule has 0 fully saturated rings.